The Kier molecular flexibility index (Phi) is 3.79. The second-order valence-electron chi connectivity index (χ2n) is 4.81. The van der Waals surface area contributed by atoms with Gasteiger partial charge in [-0.3, -0.25) is 0 Å². The Morgan fingerprint density at radius 2 is 1.95 bits per heavy atom. The number of rotatable bonds is 5. The molecule has 3 rings (SSSR count). The SMILES string of the molecule is CCC(CO)Nc1ccc2nnc(-c3ccccc3)n2n1. The summed E-state index contributed by atoms with van der Waals surface area (Å²) >= 11 is 0. The minimum atomic E-state index is -0.00777. The average Bonchev–Trinajstić information content (AvgIpc) is 2.96. The normalized spacial score (nSPS) is 12.5. The number of nitrogens with one attached hydrogen (secondary N) is 1. The fourth-order valence-corrected chi connectivity index (χ4v) is 2.12. The molecule has 0 aliphatic heterocycles. The highest BCUT2D eigenvalue weighted by molar-refractivity contribution is 5.59. The molecule has 2 heterocycles. The number of aliphatic hydroxyl groups excluding tert-OH is 1. The molecule has 0 aliphatic carbocycles. The van der Waals surface area contributed by atoms with Gasteiger partial charge in [0, 0.05) is 5.56 Å². The van der Waals surface area contributed by atoms with Crippen LogP contribution < -0.4 is 5.32 Å². The van der Waals surface area contributed by atoms with Gasteiger partial charge in [0.15, 0.2) is 11.5 Å². The van der Waals surface area contributed by atoms with Crippen molar-refractivity contribution in [1.82, 2.24) is 19.8 Å². The summed E-state index contributed by atoms with van der Waals surface area (Å²) in [6.07, 6.45) is 0.823. The molecule has 6 heteroatoms. The minimum Gasteiger partial charge on any atom is -0.394 e. The van der Waals surface area contributed by atoms with Gasteiger partial charge in [0.1, 0.15) is 5.82 Å². The highest BCUT2D eigenvalue weighted by atomic mass is 16.3. The summed E-state index contributed by atoms with van der Waals surface area (Å²) in [6, 6.07) is 13.5. The number of hydrogen-bond acceptors (Lipinski definition) is 5. The first kappa shape index (κ1) is 13.5. The zero-order chi connectivity index (χ0) is 14.7. The Balaban J connectivity index is 2.00. The predicted molar refractivity (Wildman–Crippen MR) is 81.0 cm³/mol. The van der Waals surface area contributed by atoms with Crippen LogP contribution in [0.15, 0.2) is 42.5 Å². The fraction of sp³-hybridized carbons (Fsp3) is 0.267. The van der Waals surface area contributed by atoms with E-state index in [1.165, 1.54) is 0 Å². The summed E-state index contributed by atoms with van der Waals surface area (Å²) in [4.78, 5) is 0. The quantitative estimate of drug-likeness (QED) is 0.749. The van der Waals surface area contributed by atoms with E-state index in [-0.39, 0.29) is 12.6 Å². The van der Waals surface area contributed by atoms with E-state index in [4.69, 9.17) is 0 Å². The Bertz CT molecular complexity index is 721. The summed E-state index contributed by atoms with van der Waals surface area (Å²) in [7, 11) is 0. The first-order valence-electron chi connectivity index (χ1n) is 6.97. The number of nitrogens with zero attached hydrogens (tertiary/aromatic N) is 4. The zero-order valence-electron chi connectivity index (χ0n) is 11.8. The van der Waals surface area contributed by atoms with E-state index < -0.39 is 0 Å². The maximum absolute atomic E-state index is 9.27. The van der Waals surface area contributed by atoms with Gasteiger partial charge in [-0.05, 0) is 18.6 Å². The van der Waals surface area contributed by atoms with E-state index >= 15 is 0 Å². The van der Waals surface area contributed by atoms with Crippen molar-refractivity contribution in [2.45, 2.75) is 19.4 Å². The number of aromatic nitrogens is 4. The molecule has 0 aliphatic rings. The lowest BCUT2D eigenvalue weighted by Crippen LogP contribution is -2.23. The van der Waals surface area contributed by atoms with Crippen molar-refractivity contribution in [1.29, 1.82) is 0 Å². The van der Waals surface area contributed by atoms with Crippen LogP contribution in [0.3, 0.4) is 0 Å². The molecule has 1 unspecified atom stereocenters. The van der Waals surface area contributed by atoms with Crippen molar-refractivity contribution in [3.8, 4) is 11.4 Å². The van der Waals surface area contributed by atoms with E-state index in [2.05, 4.69) is 20.6 Å². The van der Waals surface area contributed by atoms with Crippen LogP contribution in [-0.4, -0.2) is 37.6 Å². The van der Waals surface area contributed by atoms with E-state index in [0.29, 0.717) is 17.3 Å². The Morgan fingerprint density at radius 1 is 1.14 bits per heavy atom. The molecule has 0 radical (unpaired) electrons. The van der Waals surface area contributed by atoms with Crippen LogP contribution in [0.25, 0.3) is 17.0 Å². The van der Waals surface area contributed by atoms with Gasteiger partial charge in [0.05, 0.1) is 12.6 Å². The second kappa shape index (κ2) is 5.88. The predicted octanol–water partition coefficient (Wildman–Crippen LogP) is 1.97. The first-order chi connectivity index (χ1) is 10.3. The van der Waals surface area contributed by atoms with Crippen molar-refractivity contribution in [3.63, 3.8) is 0 Å². The second-order valence-corrected chi connectivity index (χ2v) is 4.81. The molecule has 1 atom stereocenters. The van der Waals surface area contributed by atoms with Gasteiger partial charge in [0.2, 0.25) is 0 Å². The zero-order valence-corrected chi connectivity index (χ0v) is 11.8. The largest absolute Gasteiger partial charge is 0.394 e. The minimum absolute atomic E-state index is 0.00777. The van der Waals surface area contributed by atoms with Gasteiger partial charge in [-0.25, -0.2) is 0 Å². The van der Waals surface area contributed by atoms with Crippen LogP contribution in [0.2, 0.25) is 0 Å². The van der Waals surface area contributed by atoms with Crippen LogP contribution in [-0.2, 0) is 0 Å². The van der Waals surface area contributed by atoms with Gasteiger partial charge in [0.25, 0.3) is 0 Å². The van der Waals surface area contributed by atoms with E-state index in [1.807, 2.05) is 49.4 Å². The molecule has 0 saturated heterocycles. The van der Waals surface area contributed by atoms with Crippen LogP contribution in [0.5, 0.6) is 0 Å². The highest BCUT2D eigenvalue weighted by Crippen LogP contribution is 2.18. The van der Waals surface area contributed by atoms with Crippen LogP contribution in [0.4, 0.5) is 5.82 Å². The average molecular weight is 283 g/mol. The van der Waals surface area contributed by atoms with Gasteiger partial charge >= 0.3 is 0 Å². The molecule has 108 valence electrons. The Morgan fingerprint density at radius 3 is 2.67 bits per heavy atom. The van der Waals surface area contributed by atoms with Crippen molar-refractivity contribution < 1.29 is 5.11 Å². The van der Waals surface area contributed by atoms with E-state index in [1.54, 1.807) is 4.52 Å². The van der Waals surface area contributed by atoms with E-state index in [0.717, 1.165) is 12.0 Å². The topological polar surface area (TPSA) is 75.3 Å². The maximum Gasteiger partial charge on any atom is 0.185 e. The van der Waals surface area contributed by atoms with Gasteiger partial charge in [-0.15, -0.1) is 15.3 Å². The third-order valence-electron chi connectivity index (χ3n) is 3.36. The summed E-state index contributed by atoms with van der Waals surface area (Å²) < 4.78 is 1.71. The highest BCUT2D eigenvalue weighted by Gasteiger charge is 2.11. The number of hydrogen-bond donors (Lipinski definition) is 2. The molecule has 0 fully saturated rings. The molecule has 0 spiro atoms. The molecule has 2 N–H and O–H groups in total. The van der Waals surface area contributed by atoms with Crippen LogP contribution >= 0.6 is 0 Å². The Labute approximate surface area is 122 Å². The fourth-order valence-electron chi connectivity index (χ4n) is 2.12. The lowest BCUT2D eigenvalue weighted by atomic mass is 10.2. The third-order valence-corrected chi connectivity index (χ3v) is 3.36. The number of fused-ring (bicyclic) bond motifs is 1. The molecule has 6 nitrogen and oxygen atoms in total. The smallest absolute Gasteiger partial charge is 0.185 e. The van der Waals surface area contributed by atoms with Crippen molar-refractivity contribution in [2.24, 2.45) is 0 Å². The summed E-state index contributed by atoms with van der Waals surface area (Å²) in [5.74, 6) is 1.40. The summed E-state index contributed by atoms with van der Waals surface area (Å²) in [5, 5.41) is 25.3. The van der Waals surface area contributed by atoms with Gasteiger partial charge in [-0.2, -0.15) is 4.52 Å². The monoisotopic (exact) mass is 283 g/mol. The molecule has 2 aromatic heterocycles. The lowest BCUT2D eigenvalue weighted by molar-refractivity contribution is 0.271. The van der Waals surface area contributed by atoms with Crippen molar-refractivity contribution >= 4 is 11.5 Å². The van der Waals surface area contributed by atoms with Gasteiger partial charge < -0.3 is 10.4 Å². The van der Waals surface area contributed by atoms with E-state index in [9.17, 15) is 5.11 Å². The van der Waals surface area contributed by atoms with Crippen LogP contribution in [0, 0.1) is 0 Å². The van der Waals surface area contributed by atoms with Crippen molar-refractivity contribution in [3.05, 3.63) is 42.5 Å². The molecule has 1 aromatic carbocycles. The first-order valence-corrected chi connectivity index (χ1v) is 6.97. The van der Waals surface area contributed by atoms with Crippen LogP contribution in [0.1, 0.15) is 13.3 Å². The van der Waals surface area contributed by atoms with Crippen molar-refractivity contribution in [2.75, 3.05) is 11.9 Å². The Hall–Kier alpha value is -2.47. The maximum atomic E-state index is 9.27. The molecule has 0 bridgehead atoms. The molecule has 0 saturated carbocycles. The number of aliphatic hydroxyl groups is 1. The summed E-state index contributed by atoms with van der Waals surface area (Å²) in [5.41, 5.74) is 1.65. The molecular weight excluding hydrogens is 266 g/mol. The number of benzene rings is 1. The third kappa shape index (κ3) is 2.71. The molecule has 0 amide bonds. The number of anilines is 1. The summed E-state index contributed by atoms with van der Waals surface area (Å²) in [6.45, 7) is 2.09. The van der Waals surface area contributed by atoms with Gasteiger partial charge in [-0.1, -0.05) is 37.3 Å². The molecular formula is C15H17N5O. The molecule has 3 aromatic rings. The molecule has 21 heavy (non-hydrogen) atoms. The lowest BCUT2D eigenvalue weighted by Gasteiger charge is -2.14. The standard InChI is InChI=1S/C15H17N5O/c1-2-12(10-21)16-13-8-9-14-17-18-15(20(14)19-13)11-6-4-3-5-7-11/h3-9,12,21H,2,10H2,1H3,(H,16,19).